The summed E-state index contributed by atoms with van der Waals surface area (Å²) in [6.07, 6.45) is 3.13. The van der Waals surface area contributed by atoms with E-state index < -0.39 is 11.7 Å². The van der Waals surface area contributed by atoms with Gasteiger partial charge >= 0.3 is 0 Å². The molecule has 0 spiro atoms. The summed E-state index contributed by atoms with van der Waals surface area (Å²) in [5.41, 5.74) is 2.22. The normalized spacial score (nSPS) is 10.5. The molecule has 8 nitrogen and oxygen atoms in total. The standard InChI is InChI=1S/C23H17ClFN7O/c1-32-20(8-10-28-32)31-23-27-9-7-19(30-23)14-5-6-18(16(11-14)13-26)29-21(33)12-15-3-2-4-17(25)22(15)24/h2-11H,12H2,1H3,(H,29,33)(H,27,30,31). The maximum atomic E-state index is 13.6. The zero-order valence-corrected chi connectivity index (χ0v) is 18.1. The van der Waals surface area contributed by atoms with Gasteiger partial charge in [0.2, 0.25) is 11.9 Å². The van der Waals surface area contributed by atoms with Crippen LogP contribution in [0, 0.1) is 17.1 Å². The number of nitrogens with zero attached hydrogens (tertiary/aromatic N) is 5. The Morgan fingerprint density at radius 3 is 2.82 bits per heavy atom. The molecule has 0 bridgehead atoms. The highest BCUT2D eigenvalue weighted by molar-refractivity contribution is 6.31. The van der Waals surface area contributed by atoms with Crippen LogP contribution in [0.15, 0.2) is 60.9 Å². The van der Waals surface area contributed by atoms with Crippen LogP contribution in [0.2, 0.25) is 5.02 Å². The number of aromatic nitrogens is 4. The summed E-state index contributed by atoms with van der Waals surface area (Å²) in [5, 5.41) is 19.4. The van der Waals surface area contributed by atoms with Crippen LogP contribution in [0.3, 0.4) is 0 Å². The lowest BCUT2D eigenvalue weighted by Gasteiger charge is -2.11. The molecule has 0 atom stereocenters. The highest BCUT2D eigenvalue weighted by Crippen LogP contribution is 2.26. The van der Waals surface area contributed by atoms with E-state index >= 15 is 0 Å². The Morgan fingerprint density at radius 1 is 1.21 bits per heavy atom. The first-order chi connectivity index (χ1) is 15.9. The van der Waals surface area contributed by atoms with E-state index in [0.717, 1.165) is 5.82 Å². The fourth-order valence-electron chi connectivity index (χ4n) is 3.15. The lowest BCUT2D eigenvalue weighted by atomic mass is 10.1. The Balaban J connectivity index is 1.53. The van der Waals surface area contributed by atoms with Crippen LogP contribution in [0.4, 0.5) is 21.8 Å². The van der Waals surface area contributed by atoms with Crippen LogP contribution in [0.1, 0.15) is 11.1 Å². The number of anilines is 3. The van der Waals surface area contributed by atoms with Gasteiger partial charge in [0.1, 0.15) is 17.7 Å². The summed E-state index contributed by atoms with van der Waals surface area (Å²) in [7, 11) is 1.79. The first kappa shape index (κ1) is 21.9. The zero-order chi connectivity index (χ0) is 23.4. The third-order valence-electron chi connectivity index (χ3n) is 4.81. The molecule has 2 N–H and O–H groups in total. The maximum absolute atomic E-state index is 13.6. The molecule has 164 valence electrons. The van der Waals surface area contributed by atoms with Crippen LogP contribution in [0.25, 0.3) is 11.3 Å². The predicted molar refractivity (Wildman–Crippen MR) is 122 cm³/mol. The molecule has 0 aliphatic heterocycles. The van der Waals surface area contributed by atoms with Crippen molar-refractivity contribution in [3.63, 3.8) is 0 Å². The van der Waals surface area contributed by atoms with Gasteiger partial charge in [0.15, 0.2) is 0 Å². The molecule has 0 unspecified atom stereocenters. The highest BCUT2D eigenvalue weighted by atomic mass is 35.5. The minimum Gasteiger partial charge on any atom is -0.325 e. The molecular weight excluding hydrogens is 445 g/mol. The summed E-state index contributed by atoms with van der Waals surface area (Å²) in [6.45, 7) is 0. The Morgan fingerprint density at radius 2 is 2.06 bits per heavy atom. The van der Waals surface area contributed by atoms with E-state index in [-0.39, 0.29) is 17.0 Å². The van der Waals surface area contributed by atoms with E-state index in [4.69, 9.17) is 11.6 Å². The van der Waals surface area contributed by atoms with Crippen LogP contribution < -0.4 is 10.6 Å². The molecule has 2 aromatic carbocycles. The van der Waals surface area contributed by atoms with Gasteiger partial charge in [-0.25, -0.2) is 14.4 Å². The molecule has 0 saturated carbocycles. The number of nitriles is 1. The fourth-order valence-corrected chi connectivity index (χ4v) is 3.34. The van der Waals surface area contributed by atoms with Gasteiger partial charge in [0.25, 0.3) is 0 Å². The van der Waals surface area contributed by atoms with Crippen molar-refractivity contribution in [3.05, 3.63) is 82.9 Å². The molecule has 0 aliphatic rings. The van der Waals surface area contributed by atoms with E-state index in [2.05, 4.69) is 31.8 Å². The van der Waals surface area contributed by atoms with Crippen molar-refractivity contribution in [2.45, 2.75) is 6.42 Å². The average molecular weight is 462 g/mol. The van der Waals surface area contributed by atoms with E-state index in [1.807, 2.05) is 0 Å². The van der Waals surface area contributed by atoms with E-state index in [1.165, 1.54) is 12.1 Å². The van der Waals surface area contributed by atoms with Crippen LogP contribution in [0.5, 0.6) is 0 Å². The Labute approximate surface area is 193 Å². The Hall–Kier alpha value is -4.29. The largest absolute Gasteiger partial charge is 0.325 e. The number of hydrogen-bond donors (Lipinski definition) is 2. The smallest absolute Gasteiger partial charge is 0.228 e. The van der Waals surface area contributed by atoms with Crippen molar-refractivity contribution in [2.75, 3.05) is 10.6 Å². The SMILES string of the molecule is Cn1nccc1Nc1nccc(-c2ccc(NC(=O)Cc3cccc(F)c3Cl)c(C#N)c2)n1. The lowest BCUT2D eigenvalue weighted by molar-refractivity contribution is -0.115. The van der Waals surface area contributed by atoms with Crippen molar-refractivity contribution in [1.29, 1.82) is 5.26 Å². The van der Waals surface area contributed by atoms with E-state index in [9.17, 15) is 14.4 Å². The number of rotatable bonds is 6. The molecule has 4 rings (SSSR count). The minimum absolute atomic E-state index is 0.0946. The fraction of sp³-hybridized carbons (Fsp3) is 0.0870. The van der Waals surface area contributed by atoms with Gasteiger partial charge < -0.3 is 10.6 Å². The molecular formula is C23H17ClFN7O. The second-order valence-corrected chi connectivity index (χ2v) is 7.42. The number of carbonyl (C=O) groups is 1. The van der Waals surface area contributed by atoms with Crippen LogP contribution in [-0.4, -0.2) is 25.7 Å². The van der Waals surface area contributed by atoms with Crippen molar-refractivity contribution >= 4 is 35.0 Å². The molecule has 1 amide bonds. The van der Waals surface area contributed by atoms with Crippen LogP contribution in [-0.2, 0) is 18.3 Å². The van der Waals surface area contributed by atoms with Gasteiger partial charge in [-0.3, -0.25) is 9.48 Å². The third kappa shape index (κ3) is 4.97. The molecule has 10 heteroatoms. The summed E-state index contributed by atoms with van der Waals surface area (Å²) >= 11 is 5.92. The number of nitrogens with one attached hydrogen (secondary N) is 2. The van der Waals surface area contributed by atoms with Gasteiger partial charge in [-0.15, -0.1) is 0 Å². The lowest BCUT2D eigenvalue weighted by Crippen LogP contribution is -2.15. The highest BCUT2D eigenvalue weighted by Gasteiger charge is 2.13. The number of aryl methyl sites for hydroxylation is 1. The first-order valence-electron chi connectivity index (χ1n) is 9.80. The van der Waals surface area contributed by atoms with Crippen molar-refractivity contribution < 1.29 is 9.18 Å². The molecule has 2 aromatic heterocycles. The second-order valence-electron chi connectivity index (χ2n) is 7.04. The van der Waals surface area contributed by atoms with Crippen molar-refractivity contribution in [2.24, 2.45) is 7.05 Å². The number of hydrogen-bond acceptors (Lipinski definition) is 6. The van der Waals surface area contributed by atoms with Gasteiger partial charge in [-0.1, -0.05) is 29.8 Å². The molecule has 0 radical (unpaired) electrons. The second kappa shape index (κ2) is 9.46. The number of benzene rings is 2. The molecule has 2 heterocycles. The third-order valence-corrected chi connectivity index (χ3v) is 5.23. The molecule has 0 fully saturated rings. The monoisotopic (exact) mass is 461 g/mol. The molecule has 0 aliphatic carbocycles. The quantitative estimate of drug-likeness (QED) is 0.438. The Bertz CT molecular complexity index is 1380. The predicted octanol–water partition coefficient (Wildman–Crippen LogP) is 4.47. The average Bonchev–Trinajstić information content (AvgIpc) is 3.21. The van der Waals surface area contributed by atoms with E-state index in [0.29, 0.717) is 28.5 Å². The van der Waals surface area contributed by atoms with Crippen molar-refractivity contribution in [1.82, 2.24) is 19.7 Å². The maximum Gasteiger partial charge on any atom is 0.228 e. The van der Waals surface area contributed by atoms with Gasteiger partial charge in [-0.2, -0.15) is 10.4 Å². The summed E-state index contributed by atoms with van der Waals surface area (Å²) in [5.74, 6) is 0.0860. The number of carbonyl (C=O) groups excluding carboxylic acids is 1. The van der Waals surface area contributed by atoms with Gasteiger partial charge in [0.05, 0.1) is 34.6 Å². The Kier molecular flexibility index (Phi) is 6.29. The van der Waals surface area contributed by atoms with Crippen molar-refractivity contribution in [3.8, 4) is 17.3 Å². The molecule has 0 saturated heterocycles. The van der Waals surface area contributed by atoms with Gasteiger partial charge in [0, 0.05) is 24.9 Å². The first-order valence-corrected chi connectivity index (χ1v) is 10.2. The zero-order valence-electron chi connectivity index (χ0n) is 17.4. The summed E-state index contributed by atoms with van der Waals surface area (Å²) < 4.78 is 15.3. The topological polar surface area (TPSA) is 109 Å². The molecule has 4 aromatic rings. The number of amides is 1. The summed E-state index contributed by atoms with van der Waals surface area (Å²) in [6, 6.07) is 14.9. The van der Waals surface area contributed by atoms with E-state index in [1.54, 1.807) is 60.5 Å². The molecule has 33 heavy (non-hydrogen) atoms. The van der Waals surface area contributed by atoms with Crippen LogP contribution >= 0.6 is 11.6 Å². The number of halogens is 2. The summed E-state index contributed by atoms with van der Waals surface area (Å²) in [4.78, 5) is 21.2. The minimum atomic E-state index is -0.592. The van der Waals surface area contributed by atoms with Gasteiger partial charge in [-0.05, 0) is 29.8 Å².